The molecule has 1 aliphatic rings. The van der Waals surface area contributed by atoms with E-state index in [9.17, 15) is 0 Å². The summed E-state index contributed by atoms with van der Waals surface area (Å²) >= 11 is 5.25. The van der Waals surface area contributed by atoms with Crippen molar-refractivity contribution in [1.82, 2.24) is 5.32 Å². The van der Waals surface area contributed by atoms with Crippen molar-refractivity contribution in [2.75, 3.05) is 19.8 Å². The number of rotatable bonds is 7. The predicted molar refractivity (Wildman–Crippen MR) is 76.5 cm³/mol. The molecular formula is C13H20BrNOS. The van der Waals surface area contributed by atoms with Gasteiger partial charge in [0.1, 0.15) is 0 Å². The van der Waals surface area contributed by atoms with Crippen molar-refractivity contribution in [3.63, 3.8) is 0 Å². The molecule has 0 radical (unpaired) electrons. The Morgan fingerprint density at radius 1 is 1.41 bits per heavy atom. The van der Waals surface area contributed by atoms with Crippen LogP contribution < -0.4 is 5.32 Å². The summed E-state index contributed by atoms with van der Waals surface area (Å²) in [6.45, 7) is 3.70. The van der Waals surface area contributed by atoms with Gasteiger partial charge in [-0.25, -0.2) is 0 Å². The average molecular weight is 318 g/mol. The average Bonchev–Trinajstić information content (AvgIpc) is 2.95. The molecule has 0 saturated heterocycles. The predicted octanol–water partition coefficient (Wildman–Crippen LogP) is 3.81. The molecule has 0 atom stereocenters. The standard InChI is InChI=1S/C13H20BrNOS/c14-12-7-13(17-10-12)8-15-5-6-16-9-11-3-1-2-4-11/h7,10-11,15H,1-6,8-9H2. The summed E-state index contributed by atoms with van der Waals surface area (Å²) < 4.78 is 6.87. The van der Waals surface area contributed by atoms with Crippen LogP contribution >= 0.6 is 27.3 Å². The Labute approximate surface area is 116 Å². The van der Waals surface area contributed by atoms with Crippen molar-refractivity contribution in [3.8, 4) is 0 Å². The Hall–Kier alpha value is 0.1000. The zero-order valence-electron chi connectivity index (χ0n) is 10.1. The normalized spacial score (nSPS) is 16.8. The third-order valence-corrected chi connectivity index (χ3v) is 4.87. The summed E-state index contributed by atoms with van der Waals surface area (Å²) in [7, 11) is 0. The molecule has 1 aromatic heterocycles. The Balaban J connectivity index is 1.46. The molecule has 0 aromatic carbocycles. The topological polar surface area (TPSA) is 21.3 Å². The van der Waals surface area contributed by atoms with Gasteiger partial charge in [-0.2, -0.15) is 0 Å². The van der Waals surface area contributed by atoms with Crippen LogP contribution in [0.1, 0.15) is 30.6 Å². The number of halogens is 1. The molecule has 0 bridgehead atoms. The summed E-state index contributed by atoms with van der Waals surface area (Å²) in [5, 5.41) is 5.52. The Bertz CT molecular complexity index is 323. The van der Waals surface area contributed by atoms with E-state index in [1.54, 1.807) is 11.3 Å². The minimum absolute atomic E-state index is 0.836. The quantitative estimate of drug-likeness (QED) is 0.772. The monoisotopic (exact) mass is 317 g/mol. The summed E-state index contributed by atoms with van der Waals surface area (Å²) in [5.74, 6) is 0.836. The van der Waals surface area contributed by atoms with Gasteiger partial charge in [-0.05, 0) is 40.8 Å². The van der Waals surface area contributed by atoms with Crippen LogP contribution in [0.15, 0.2) is 15.9 Å². The third kappa shape index (κ3) is 5.08. The van der Waals surface area contributed by atoms with Crippen molar-refractivity contribution >= 4 is 27.3 Å². The zero-order valence-corrected chi connectivity index (χ0v) is 12.5. The molecule has 1 aromatic rings. The fourth-order valence-electron chi connectivity index (χ4n) is 2.23. The maximum absolute atomic E-state index is 5.69. The number of ether oxygens (including phenoxy) is 1. The van der Waals surface area contributed by atoms with Gasteiger partial charge in [0.2, 0.25) is 0 Å². The van der Waals surface area contributed by atoms with E-state index in [-0.39, 0.29) is 0 Å². The van der Waals surface area contributed by atoms with E-state index in [1.165, 1.54) is 35.0 Å². The Morgan fingerprint density at radius 3 is 2.94 bits per heavy atom. The van der Waals surface area contributed by atoms with E-state index in [0.717, 1.165) is 32.2 Å². The van der Waals surface area contributed by atoms with Gasteiger partial charge in [0.15, 0.2) is 0 Å². The zero-order chi connectivity index (χ0) is 11.9. The van der Waals surface area contributed by atoms with Crippen LogP contribution in [0.3, 0.4) is 0 Å². The lowest BCUT2D eigenvalue weighted by Gasteiger charge is -2.10. The molecule has 0 aliphatic heterocycles. The van der Waals surface area contributed by atoms with E-state index >= 15 is 0 Å². The molecule has 0 spiro atoms. The highest BCUT2D eigenvalue weighted by atomic mass is 79.9. The summed E-state index contributed by atoms with van der Waals surface area (Å²) in [6.07, 6.45) is 5.55. The molecule has 1 N–H and O–H groups in total. The third-order valence-electron chi connectivity index (χ3n) is 3.17. The minimum atomic E-state index is 0.836. The maximum Gasteiger partial charge on any atom is 0.0591 e. The first kappa shape index (κ1) is 13.5. The highest BCUT2D eigenvalue weighted by Crippen LogP contribution is 2.24. The number of hydrogen-bond donors (Lipinski definition) is 1. The fraction of sp³-hybridized carbons (Fsp3) is 0.692. The Kier molecular flexibility index (Phi) is 5.98. The summed E-state index contributed by atoms with van der Waals surface area (Å²) in [5.41, 5.74) is 0. The summed E-state index contributed by atoms with van der Waals surface area (Å²) in [4.78, 5) is 1.37. The lowest BCUT2D eigenvalue weighted by Crippen LogP contribution is -2.20. The van der Waals surface area contributed by atoms with Crippen LogP contribution in [0.25, 0.3) is 0 Å². The van der Waals surface area contributed by atoms with Crippen LogP contribution in [0.4, 0.5) is 0 Å². The number of nitrogens with one attached hydrogen (secondary N) is 1. The smallest absolute Gasteiger partial charge is 0.0591 e. The van der Waals surface area contributed by atoms with Crippen molar-refractivity contribution < 1.29 is 4.74 Å². The van der Waals surface area contributed by atoms with Crippen LogP contribution in [0.2, 0.25) is 0 Å². The fourth-order valence-corrected chi connectivity index (χ4v) is 3.65. The highest BCUT2D eigenvalue weighted by Gasteiger charge is 2.14. The Morgan fingerprint density at radius 2 is 2.24 bits per heavy atom. The molecule has 1 fully saturated rings. The van der Waals surface area contributed by atoms with Gasteiger partial charge in [-0.15, -0.1) is 11.3 Å². The second-order valence-electron chi connectivity index (χ2n) is 4.63. The first-order valence-corrected chi connectivity index (χ1v) is 8.03. The van der Waals surface area contributed by atoms with E-state index in [2.05, 4.69) is 32.7 Å². The van der Waals surface area contributed by atoms with E-state index < -0.39 is 0 Å². The van der Waals surface area contributed by atoms with Gasteiger partial charge >= 0.3 is 0 Å². The largest absolute Gasteiger partial charge is 0.380 e. The molecule has 2 nitrogen and oxygen atoms in total. The van der Waals surface area contributed by atoms with E-state index in [0.29, 0.717) is 0 Å². The molecule has 96 valence electrons. The van der Waals surface area contributed by atoms with E-state index in [4.69, 9.17) is 4.74 Å². The molecule has 1 heterocycles. The SMILES string of the molecule is Brc1csc(CNCCOCC2CCCC2)c1. The molecule has 1 saturated carbocycles. The van der Waals surface area contributed by atoms with Gasteiger partial charge in [-0.1, -0.05) is 12.8 Å². The van der Waals surface area contributed by atoms with Crippen molar-refractivity contribution in [2.45, 2.75) is 32.2 Å². The minimum Gasteiger partial charge on any atom is -0.380 e. The van der Waals surface area contributed by atoms with Crippen molar-refractivity contribution in [3.05, 3.63) is 20.8 Å². The molecule has 1 aliphatic carbocycles. The van der Waals surface area contributed by atoms with Crippen molar-refractivity contribution in [1.29, 1.82) is 0 Å². The molecule has 4 heteroatoms. The molecule has 17 heavy (non-hydrogen) atoms. The van der Waals surface area contributed by atoms with Gasteiger partial charge in [0.05, 0.1) is 6.61 Å². The van der Waals surface area contributed by atoms with E-state index in [1.807, 2.05) is 0 Å². The van der Waals surface area contributed by atoms with Gasteiger partial charge in [-0.3, -0.25) is 0 Å². The van der Waals surface area contributed by atoms with Crippen LogP contribution in [-0.2, 0) is 11.3 Å². The lowest BCUT2D eigenvalue weighted by atomic mass is 10.1. The number of hydrogen-bond acceptors (Lipinski definition) is 3. The number of thiophene rings is 1. The van der Waals surface area contributed by atoms with Gasteiger partial charge < -0.3 is 10.1 Å². The molecule has 2 rings (SSSR count). The second kappa shape index (κ2) is 7.52. The maximum atomic E-state index is 5.69. The van der Waals surface area contributed by atoms with Crippen LogP contribution in [0.5, 0.6) is 0 Å². The molecule has 0 amide bonds. The summed E-state index contributed by atoms with van der Waals surface area (Å²) in [6, 6.07) is 2.16. The lowest BCUT2D eigenvalue weighted by molar-refractivity contribution is 0.103. The van der Waals surface area contributed by atoms with Gasteiger partial charge in [0.25, 0.3) is 0 Å². The van der Waals surface area contributed by atoms with Crippen LogP contribution in [-0.4, -0.2) is 19.8 Å². The molecular weight excluding hydrogens is 298 g/mol. The molecule has 0 unspecified atom stereocenters. The second-order valence-corrected chi connectivity index (χ2v) is 6.54. The first-order chi connectivity index (χ1) is 8.34. The van der Waals surface area contributed by atoms with Crippen molar-refractivity contribution in [2.24, 2.45) is 5.92 Å². The highest BCUT2D eigenvalue weighted by molar-refractivity contribution is 9.10. The van der Waals surface area contributed by atoms with Gasteiger partial charge in [0, 0.05) is 34.4 Å². The van der Waals surface area contributed by atoms with Crippen LogP contribution in [0, 0.1) is 5.92 Å². The first-order valence-electron chi connectivity index (χ1n) is 6.36.